The summed E-state index contributed by atoms with van der Waals surface area (Å²) in [5.74, 6) is -19.1. The van der Waals surface area contributed by atoms with Crippen molar-refractivity contribution < 1.29 is 102 Å². The molecule has 0 aromatic carbocycles. The Morgan fingerprint density at radius 3 is 1.69 bits per heavy atom. The van der Waals surface area contributed by atoms with Crippen LogP contribution in [0.2, 0.25) is 0 Å². The van der Waals surface area contributed by atoms with Gasteiger partial charge in [0, 0.05) is 56.9 Å². The van der Waals surface area contributed by atoms with Crippen LogP contribution in [0.3, 0.4) is 0 Å². The second kappa shape index (κ2) is 53.7. The molecule has 1 aliphatic rings. The van der Waals surface area contributed by atoms with E-state index in [1.54, 1.807) is 48.5 Å². The van der Waals surface area contributed by atoms with Crippen LogP contribution in [0, 0.1) is 17.8 Å². The first kappa shape index (κ1) is 99.8. The maximum absolute atomic E-state index is 15.0. The number of carbonyl (C=O) groups is 17. The molecular weight excluding hydrogens is 1510 g/mol. The van der Waals surface area contributed by atoms with E-state index in [1.165, 1.54) is 24.3 Å². The molecule has 642 valence electrons. The first-order chi connectivity index (χ1) is 53.9. The highest BCUT2D eigenvalue weighted by atomic mass is 32.2. The molecule has 1 saturated heterocycles. The number of hydrogen-bond donors (Lipinski definition) is 23. The number of carboxylic acids is 3. The number of nitrogens with two attached hydrogens (primary N) is 4. The summed E-state index contributed by atoms with van der Waals surface area (Å²) in [5, 5.41) is 73.8. The average Bonchev–Trinajstić information content (AvgIpc) is 1.57. The van der Waals surface area contributed by atoms with Crippen molar-refractivity contribution in [2.75, 3.05) is 44.3 Å². The Morgan fingerprint density at radius 2 is 1.16 bits per heavy atom. The number of imidazole rings is 1. The van der Waals surface area contributed by atoms with Crippen molar-refractivity contribution in [2.24, 2.45) is 45.7 Å². The van der Waals surface area contributed by atoms with Gasteiger partial charge < -0.3 is 123 Å². The van der Waals surface area contributed by atoms with E-state index in [4.69, 9.17) is 22.9 Å². The van der Waals surface area contributed by atoms with Gasteiger partial charge in [0.1, 0.15) is 78.5 Å². The zero-order valence-corrected chi connectivity index (χ0v) is 66.9. The number of aromatic nitrogens is 2. The van der Waals surface area contributed by atoms with Gasteiger partial charge in [0.15, 0.2) is 5.96 Å². The van der Waals surface area contributed by atoms with Crippen molar-refractivity contribution in [3.05, 3.63) is 18.2 Å². The number of hydrogen-bond acceptors (Lipinski definition) is 23. The highest BCUT2D eigenvalue weighted by Gasteiger charge is 2.39. The minimum absolute atomic E-state index is 0.0188. The molecule has 1 aromatic rings. The highest BCUT2D eigenvalue weighted by Crippen LogP contribution is 2.17. The van der Waals surface area contributed by atoms with E-state index in [0.29, 0.717) is 30.7 Å². The summed E-state index contributed by atoms with van der Waals surface area (Å²) >= 11 is 1.19. The summed E-state index contributed by atoms with van der Waals surface area (Å²) in [6.45, 7) is 12.1. The van der Waals surface area contributed by atoms with Crippen LogP contribution in [0.15, 0.2) is 17.5 Å². The third kappa shape index (κ3) is 39.0. The Hall–Kier alpha value is -10.3. The van der Waals surface area contributed by atoms with Crippen molar-refractivity contribution in [1.29, 1.82) is 0 Å². The van der Waals surface area contributed by atoms with E-state index in [-0.39, 0.29) is 127 Å². The number of guanidine groups is 1. The molecule has 42 nitrogen and oxygen atoms in total. The molecule has 1 aromatic heterocycles. The van der Waals surface area contributed by atoms with Crippen LogP contribution in [0.5, 0.6) is 0 Å². The standard InChI is InChI=1S/C71H121N21O21S/c1-9-39(7)57(92-63(105)43(18-12-14-26-73)83-66(108)50(31-41-33-76-36-79-41)87-58(100)42(17-11-13-25-72)81-61(103)46(80-40(8)94)22-24-55(96)97)69(111)89-49(30-38(5)6)64(106)85-47-21-23-54(95)77-27-15-19-45(60(102)88-51(32-56(98)99)67(109)90-52(34-93)70(112)113)84-68(110)53(35-114-10-2)91-65(107)48(29-37(3)4)86-59(101)44(82-62(47)104)20-16-28-78-71(74)75/h33,36-39,42-53,57,93H,9-32,34-35,72-73H2,1-8H3,(H,76,79)(H,77,95)(H,80,94)(H,81,103)(H,82,104)(H,83,108)(H,84,110)(H,85,106)(H,86,101)(H,87,100)(H,88,102)(H,89,111)(H,90,109)(H,91,107)(H,92,105)(H,96,97)(H,98,99)(H,112,113)(H4,74,75,78)/t39?,42-,43-,44-,45-,46-,47-,48-,49-,50-,51-,52-,53-,57-/m0/s1. The summed E-state index contributed by atoms with van der Waals surface area (Å²) in [5.41, 5.74) is 23.2. The number of carboxylic acid groups (broad SMARTS) is 3. The first-order valence-corrected chi connectivity index (χ1v) is 39.5. The monoisotopic (exact) mass is 1640 g/mol. The second-order valence-electron chi connectivity index (χ2n) is 28.6. The molecule has 1 fully saturated rings. The van der Waals surface area contributed by atoms with Crippen LogP contribution in [0.25, 0.3) is 0 Å². The number of nitrogens with one attached hydrogen (secondary N) is 15. The lowest BCUT2D eigenvalue weighted by atomic mass is 9.95. The lowest BCUT2D eigenvalue weighted by Crippen LogP contribution is -2.62. The number of carbonyl (C=O) groups excluding carboxylic acids is 14. The van der Waals surface area contributed by atoms with Gasteiger partial charge in [-0.3, -0.25) is 81.7 Å². The van der Waals surface area contributed by atoms with Crippen LogP contribution in [0.1, 0.15) is 177 Å². The zero-order valence-electron chi connectivity index (χ0n) is 66.1. The van der Waals surface area contributed by atoms with E-state index in [1.807, 2.05) is 5.32 Å². The van der Waals surface area contributed by atoms with Gasteiger partial charge in [-0.25, -0.2) is 9.78 Å². The van der Waals surface area contributed by atoms with Gasteiger partial charge in [0.05, 0.1) is 19.4 Å². The van der Waals surface area contributed by atoms with Gasteiger partial charge in [-0.1, -0.05) is 54.9 Å². The number of aliphatic hydroxyl groups excluding tert-OH is 1. The van der Waals surface area contributed by atoms with E-state index < -0.39 is 217 Å². The van der Waals surface area contributed by atoms with E-state index >= 15 is 0 Å². The lowest BCUT2D eigenvalue weighted by molar-refractivity contribution is -0.144. The van der Waals surface area contributed by atoms with Crippen LogP contribution in [-0.2, 0) is 87.9 Å². The summed E-state index contributed by atoms with van der Waals surface area (Å²) < 4.78 is 0. The van der Waals surface area contributed by atoms with Crippen molar-refractivity contribution in [1.82, 2.24) is 84.4 Å². The van der Waals surface area contributed by atoms with Gasteiger partial charge >= 0.3 is 17.9 Å². The smallest absolute Gasteiger partial charge is 0.328 e. The molecule has 27 N–H and O–H groups in total. The number of aliphatic imine (C=N–C) groups is 1. The van der Waals surface area contributed by atoms with E-state index in [9.17, 15) is 102 Å². The molecule has 2 rings (SSSR count). The largest absolute Gasteiger partial charge is 0.481 e. The first-order valence-electron chi connectivity index (χ1n) is 38.3. The Kier molecular flexibility index (Phi) is 47.0. The number of H-pyrrole nitrogens is 1. The number of aliphatic hydroxyl groups is 1. The van der Waals surface area contributed by atoms with Crippen molar-refractivity contribution in [3.8, 4) is 0 Å². The van der Waals surface area contributed by atoms with Crippen molar-refractivity contribution >= 4 is 118 Å². The molecular formula is C71H121N21O21S. The molecule has 0 saturated carbocycles. The highest BCUT2D eigenvalue weighted by molar-refractivity contribution is 7.99. The topological polar surface area (TPSA) is 685 Å². The number of nitrogens with zero attached hydrogens (tertiary/aromatic N) is 2. The van der Waals surface area contributed by atoms with Gasteiger partial charge in [-0.05, 0) is 126 Å². The molecule has 1 unspecified atom stereocenters. The Balaban J connectivity index is 2.78. The normalized spacial score (nSPS) is 19.0. The molecule has 14 atom stereocenters. The fourth-order valence-corrected chi connectivity index (χ4v) is 12.4. The summed E-state index contributed by atoms with van der Waals surface area (Å²) in [6.07, 6.45) is 0.0988. The van der Waals surface area contributed by atoms with Crippen molar-refractivity contribution in [3.63, 3.8) is 0 Å². The molecule has 0 aliphatic carbocycles. The molecule has 1 aliphatic heterocycles. The number of aliphatic carboxylic acids is 3. The molecule has 2 heterocycles. The lowest BCUT2D eigenvalue weighted by Gasteiger charge is -2.30. The zero-order chi connectivity index (χ0) is 85.7. The fourth-order valence-electron chi connectivity index (χ4n) is 11.7. The Morgan fingerprint density at radius 1 is 0.605 bits per heavy atom. The minimum atomic E-state index is -1.98. The third-order valence-corrected chi connectivity index (χ3v) is 19.0. The van der Waals surface area contributed by atoms with Gasteiger partial charge in [0.2, 0.25) is 82.7 Å². The third-order valence-electron chi connectivity index (χ3n) is 18.0. The molecule has 114 heavy (non-hydrogen) atoms. The number of amides is 14. The van der Waals surface area contributed by atoms with Gasteiger partial charge in [-0.15, -0.1) is 0 Å². The maximum atomic E-state index is 15.0. The number of rotatable bonds is 47. The molecule has 0 bridgehead atoms. The quantitative estimate of drug-likeness (QED) is 0.0165. The molecule has 0 spiro atoms. The summed E-state index contributed by atoms with van der Waals surface area (Å²) in [6, 6.07) is -20.3. The number of aromatic amines is 1. The molecule has 14 amide bonds. The molecule has 0 radical (unpaired) electrons. The minimum Gasteiger partial charge on any atom is -0.481 e. The van der Waals surface area contributed by atoms with E-state index in [0.717, 1.165) is 6.92 Å². The van der Waals surface area contributed by atoms with E-state index in [2.05, 4.69) is 84.1 Å². The average molecular weight is 1640 g/mol. The summed E-state index contributed by atoms with van der Waals surface area (Å²) in [4.78, 5) is 245. The number of unbranched alkanes of at least 4 members (excludes halogenated alkanes) is 2. The van der Waals surface area contributed by atoms with Gasteiger partial charge in [0.25, 0.3) is 0 Å². The Bertz CT molecular complexity index is 3380. The predicted octanol–water partition coefficient (Wildman–Crippen LogP) is -5.42. The van der Waals surface area contributed by atoms with Crippen molar-refractivity contribution in [2.45, 2.75) is 256 Å². The number of thioether (sulfide) groups is 1. The Labute approximate surface area is 666 Å². The van der Waals surface area contributed by atoms with Gasteiger partial charge in [-0.2, -0.15) is 11.8 Å². The SMILES string of the molecule is CCSC[C@@H]1NC(=O)[C@H](CC(C)C)NC(=O)[C@H](CCCN=C(N)N)NC(=O)[C@@H](NC(=O)[C@H](CC(C)C)NC(=O)[C@@H](NC(=O)[C@H](CCCCN)NC(=O)[C@H](Cc2cnc[nH]2)NC(=O)[C@H](CCCCN)NC(=O)[C@H](CCC(=O)O)NC(C)=O)C(C)CC)CCC(=O)NCCC[C@@H](C(=O)N[C@@H](CC(=O)O)C(=O)N[C@@H](CO)C(=O)O)NC1=O. The van der Waals surface area contributed by atoms with Crippen LogP contribution >= 0.6 is 11.8 Å². The van der Waals surface area contributed by atoms with Crippen LogP contribution in [0.4, 0.5) is 0 Å². The molecule has 43 heteroatoms. The maximum Gasteiger partial charge on any atom is 0.328 e. The van der Waals surface area contributed by atoms with Crippen LogP contribution in [-0.4, -0.2) is 260 Å². The predicted molar refractivity (Wildman–Crippen MR) is 415 cm³/mol. The summed E-state index contributed by atoms with van der Waals surface area (Å²) in [7, 11) is 0. The van der Waals surface area contributed by atoms with Crippen LogP contribution < -0.4 is 97.4 Å². The second-order valence-corrected chi connectivity index (χ2v) is 29.9. The fraction of sp³-hybridized carbons (Fsp3) is 0.704.